The zero-order valence-electron chi connectivity index (χ0n) is 14.5. The van der Waals surface area contributed by atoms with E-state index < -0.39 is 0 Å². The number of anilines is 2. The van der Waals surface area contributed by atoms with Gasteiger partial charge in [-0.25, -0.2) is 0 Å². The van der Waals surface area contributed by atoms with Crippen LogP contribution >= 0.6 is 12.4 Å². The van der Waals surface area contributed by atoms with E-state index in [4.69, 9.17) is 10.5 Å². The lowest BCUT2D eigenvalue weighted by Gasteiger charge is -2.17. The minimum atomic E-state index is -0.370. The SMILES string of the molecule is COc1ccc(CN2CC(C(=O)Nc3ccccc3N)CC2=O)cc1.Cl. The number of nitrogens with two attached hydrogens (primary N) is 1. The van der Waals surface area contributed by atoms with Gasteiger partial charge in [-0.15, -0.1) is 12.4 Å². The molecule has 0 spiro atoms. The molecule has 3 rings (SSSR count). The Kier molecular flexibility index (Phi) is 6.46. The molecule has 138 valence electrons. The van der Waals surface area contributed by atoms with E-state index in [0.717, 1.165) is 11.3 Å². The number of nitrogens with one attached hydrogen (secondary N) is 1. The Balaban J connectivity index is 0.00000243. The standard InChI is InChI=1S/C19H21N3O3.ClH/c1-25-15-8-6-13(7-9-15)11-22-12-14(10-18(22)23)19(24)21-17-5-3-2-4-16(17)20;/h2-9,14H,10-12,20H2,1H3,(H,21,24);1H. The van der Waals surface area contributed by atoms with Gasteiger partial charge in [0.2, 0.25) is 11.8 Å². The molecule has 3 N–H and O–H groups in total. The van der Waals surface area contributed by atoms with Crippen molar-refractivity contribution in [3.63, 3.8) is 0 Å². The highest BCUT2D eigenvalue weighted by Gasteiger charge is 2.34. The molecule has 1 atom stereocenters. The average Bonchev–Trinajstić information content (AvgIpc) is 2.98. The van der Waals surface area contributed by atoms with Crippen molar-refractivity contribution in [2.75, 3.05) is 24.7 Å². The number of methoxy groups -OCH3 is 1. The first kappa shape index (κ1) is 19.6. The number of benzene rings is 2. The predicted octanol–water partition coefficient (Wildman–Crippen LogP) is 2.69. The minimum Gasteiger partial charge on any atom is -0.497 e. The molecule has 1 unspecified atom stereocenters. The topological polar surface area (TPSA) is 84.7 Å². The number of halogens is 1. The summed E-state index contributed by atoms with van der Waals surface area (Å²) in [6.45, 7) is 0.892. The summed E-state index contributed by atoms with van der Waals surface area (Å²) in [7, 11) is 1.61. The number of hydrogen-bond acceptors (Lipinski definition) is 4. The number of carbonyl (C=O) groups excluding carboxylic acids is 2. The van der Waals surface area contributed by atoms with Gasteiger partial charge in [0.05, 0.1) is 24.4 Å². The van der Waals surface area contributed by atoms with Crippen molar-refractivity contribution < 1.29 is 14.3 Å². The number of amides is 2. The predicted molar refractivity (Wildman–Crippen MR) is 103 cm³/mol. The maximum Gasteiger partial charge on any atom is 0.229 e. The number of carbonyl (C=O) groups is 2. The Morgan fingerprint density at radius 3 is 2.58 bits per heavy atom. The number of likely N-dealkylation sites (tertiary alicyclic amines) is 1. The lowest BCUT2D eigenvalue weighted by atomic mass is 10.1. The molecule has 1 fully saturated rings. The number of hydrogen-bond donors (Lipinski definition) is 2. The first-order chi connectivity index (χ1) is 12.1. The third-order valence-electron chi connectivity index (χ3n) is 4.34. The average molecular weight is 376 g/mol. The Hall–Kier alpha value is -2.73. The molecule has 1 aliphatic heterocycles. The van der Waals surface area contributed by atoms with Crippen LogP contribution in [-0.2, 0) is 16.1 Å². The maximum atomic E-state index is 12.4. The van der Waals surface area contributed by atoms with E-state index in [2.05, 4.69) is 5.32 Å². The van der Waals surface area contributed by atoms with Gasteiger partial charge in [-0.2, -0.15) is 0 Å². The Morgan fingerprint density at radius 1 is 1.23 bits per heavy atom. The second-order valence-electron chi connectivity index (χ2n) is 6.10. The third kappa shape index (κ3) is 4.46. The fourth-order valence-electron chi connectivity index (χ4n) is 2.90. The maximum absolute atomic E-state index is 12.4. The van der Waals surface area contributed by atoms with Crippen molar-refractivity contribution in [1.82, 2.24) is 4.90 Å². The number of nitrogen functional groups attached to an aromatic ring is 1. The van der Waals surface area contributed by atoms with Crippen LogP contribution < -0.4 is 15.8 Å². The van der Waals surface area contributed by atoms with E-state index in [-0.39, 0.29) is 36.6 Å². The summed E-state index contributed by atoms with van der Waals surface area (Å²) in [5.74, 6) is 0.208. The van der Waals surface area contributed by atoms with Crippen molar-refractivity contribution >= 4 is 35.6 Å². The second kappa shape index (κ2) is 8.58. The summed E-state index contributed by atoms with van der Waals surface area (Å²) in [6.07, 6.45) is 0.217. The van der Waals surface area contributed by atoms with Crippen molar-refractivity contribution in [2.45, 2.75) is 13.0 Å². The van der Waals surface area contributed by atoms with Gasteiger partial charge in [-0.05, 0) is 29.8 Å². The van der Waals surface area contributed by atoms with Crippen LogP contribution in [0.4, 0.5) is 11.4 Å². The van der Waals surface area contributed by atoms with Gasteiger partial charge in [0.15, 0.2) is 0 Å². The number of ether oxygens (including phenoxy) is 1. The third-order valence-corrected chi connectivity index (χ3v) is 4.34. The van der Waals surface area contributed by atoms with E-state index in [1.54, 1.807) is 30.2 Å². The molecule has 7 heteroatoms. The van der Waals surface area contributed by atoms with Crippen LogP contribution in [0.3, 0.4) is 0 Å². The Bertz CT molecular complexity index is 780. The lowest BCUT2D eigenvalue weighted by Crippen LogP contribution is -2.28. The Morgan fingerprint density at radius 2 is 1.92 bits per heavy atom. The molecule has 2 aromatic carbocycles. The molecular formula is C19H22ClN3O3. The Labute approximate surface area is 158 Å². The summed E-state index contributed by atoms with van der Waals surface area (Å²) < 4.78 is 5.13. The van der Waals surface area contributed by atoms with Crippen molar-refractivity contribution in [1.29, 1.82) is 0 Å². The zero-order valence-corrected chi connectivity index (χ0v) is 15.3. The summed E-state index contributed by atoms with van der Waals surface area (Å²) >= 11 is 0. The van der Waals surface area contributed by atoms with Crippen molar-refractivity contribution in [3.05, 3.63) is 54.1 Å². The molecule has 6 nitrogen and oxygen atoms in total. The first-order valence-electron chi connectivity index (χ1n) is 8.13. The van der Waals surface area contributed by atoms with Gasteiger partial charge < -0.3 is 20.7 Å². The summed E-state index contributed by atoms with van der Waals surface area (Å²) in [5, 5.41) is 2.81. The highest BCUT2D eigenvalue weighted by atomic mass is 35.5. The highest BCUT2D eigenvalue weighted by molar-refractivity contribution is 5.99. The van der Waals surface area contributed by atoms with Gasteiger partial charge in [0, 0.05) is 19.5 Å². The largest absolute Gasteiger partial charge is 0.497 e. The van der Waals surface area contributed by atoms with Crippen LogP contribution in [0.5, 0.6) is 5.75 Å². The summed E-state index contributed by atoms with van der Waals surface area (Å²) in [4.78, 5) is 26.4. The van der Waals surface area contributed by atoms with Crippen LogP contribution in [0.1, 0.15) is 12.0 Å². The van der Waals surface area contributed by atoms with Crippen molar-refractivity contribution in [3.8, 4) is 5.75 Å². The van der Waals surface area contributed by atoms with Crippen LogP contribution in [0.15, 0.2) is 48.5 Å². The summed E-state index contributed by atoms with van der Waals surface area (Å²) in [5.41, 5.74) is 7.93. The molecule has 0 bridgehead atoms. The first-order valence-corrected chi connectivity index (χ1v) is 8.13. The van der Waals surface area contributed by atoms with Gasteiger partial charge in [0.1, 0.15) is 5.75 Å². The smallest absolute Gasteiger partial charge is 0.229 e. The van der Waals surface area contributed by atoms with Gasteiger partial charge >= 0.3 is 0 Å². The van der Waals surface area contributed by atoms with Gasteiger partial charge in [-0.1, -0.05) is 24.3 Å². The number of rotatable bonds is 5. The second-order valence-corrected chi connectivity index (χ2v) is 6.10. The van der Waals surface area contributed by atoms with E-state index in [0.29, 0.717) is 24.5 Å². The molecule has 1 saturated heterocycles. The quantitative estimate of drug-likeness (QED) is 0.787. The molecule has 2 aromatic rings. The highest BCUT2D eigenvalue weighted by Crippen LogP contribution is 2.24. The van der Waals surface area contributed by atoms with Gasteiger partial charge in [0.25, 0.3) is 0 Å². The number of nitrogens with zero attached hydrogens (tertiary/aromatic N) is 1. The minimum absolute atomic E-state index is 0. The molecule has 0 radical (unpaired) electrons. The van der Waals surface area contributed by atoms with Crippen LogP contribution in [0, 0.1) is 5.92 Å². The normalized spacial score (nSPS) is 16.1. The molecular weight excluding hydrogens is 354 g/mol. The number of para-hydroxylation sites is 2. The molecule has 0 aliphatic carbocycles. The van der Waals surface area contributed by atoms with Crippen LogP contribution in [-0.4, -0.2) is 30.4 Å². The fraction of sp³-hybridized carbons (Fsp3) is 0.263. The summed E-state index contributed by atoms with van der Waals surface area (Å²) in [6, 6.07) is 14.7. The van der Waals surface area contributed by atoms with Crippen molar-refractivity contribution in [2.24, 2.45) is 5.92 Å². The zero-order chi connectivity index (χ0) is 17.8. The van der Waals surface area contributed by atoms with Crippen LogP contribution in [0.2, 0.25) is 0 Å². The van der Waals surface area contributed by atoms with E-state index in [9.17, 15) is 9.59 Å². The van der Waals surface area contributed by atoms with Crippen LogP contribution in [0.25, 0.3) is 0 Å². The van der Waals surface area contributed by atoms with E-state index >= 15 is 0 Å². The molecule has 0 saturated carbocycles. The van der Waals surface area contributed by atoms with E-state index in [1.165, 1.54) is 0 Å². The van der Waals surface area contributed by atoms with E-state index in [1.807, 2.05) is 30.3 Å². The molecule has 26 heavy (non-hydrogen) atoms. The molecule has 2 amide bonds. The fourth-order valence-corrected chi connectivity index (χ4v) is 2.90. The lowest BCUT2D eigenvalue weighted by molar-refractivity contribution is -0.128. The molecule has 0 aromatic heterocycles. The molecule has 1 aliphatic rings. The monoisotopic (exact) mass is 375 g/mol. The molecule has 1 heterocycles. The van der Waals surface area contributed by atoms with Gasteiger partial charge in [-0.3, -0.25) is 9.59 Å².